The highest BCUT2D eigenvalue weighted by Gasteiger charge is 2.40. The van der Waals surface area contributed by atoms with Crippen molar-refractivity contribution in [3.63, 3.8) is 0 Å². The van der Waals surface area contributed by atoms with Crippen molar-refractivity contribution in [1.82, 2.24) is 4.31 Å². The number of carbonyl (C=O) groups excluding carboxylic acids is 1. The van der Waals surface area contributed by atoms with E-state index < -0.39 is 22.0 Å². The van der Waals surface area contributed by atoms with Crippen molar-refractivity contribution in [1.29, 1.82) is 5.26 Å². The molecule has 0 spiro atoms. The van der Waals surface area contributed by atoms with E-state index in [9.17, 15) is 13.2 Å². The second kappa shape index (κ2) is 5.84. The van der Waals surface area contributed by atoms with Gasteiger partial charge in [0, 0.05) is 6.54 Å². The van der Waals surface area contributed by atoms with Gasteiger partial charge >= 0.3 is 5.97 Å². The number of benzene rings is 1. The summed E-state index contributed by atoms with van der Waals surface area (Å²) >= 11 is 0. The second-order valence-electron chi connectivity index (χ2n) is 4.89. The Balaban J connectivity index is 2.47. The molecule has 1 fully saturated rings. The number of esters is 1. The maximum absolute atomic E-state index is 12.8. The van der Waals surface area contributed by atoms with E-state index in [0.717, 1.165) is 0 Å². The van der Waals surface area contributed by atoms with E-state index in [1.165, 1.54) is 17.5 Å². The first-order chi connectivity index (χ1) is 9.91. The maximum Gasteiger partial charge on any atom is 0.324 e. The summed E-state index contributed by atoms with van der Waals surface area (Å²) in [6, 6.07) is 5.64. The van der Waals surface area contributed by atoms with Gasteiger partial charge in [-0.15, -0.1) is 0 Å². The minimum Gasteiger partial charge on any atom is -0.468 e. The summed E-state index contributed by atoms with van der Waals surface area (Å²) in [6.45, 7) is 1.94. The molecule has 0 aromatic heterocycles. The van der Waals surface area contributed by atoms with Crippen LogP contribution in [0.3, 0.4) is 0 Å². The van der Waals surface area contributed by atoms with Crippen LogP contribution in [0.2, 0.25) is 0 Å². The number of hydrogen-bond acceptors (Lipinski definition) is 5. The molecule has 1 aliphatic heterocycles. The maximum atomic E-state index is 12.8. The third-order valence-corrected chi connectivity index (χ3v) is 5.63. The van der Waals surface area contributed by atoms with Gasteiger partial charge < -0.3 is 4.74 Å². The zero-order chi connectivity index (χ0) is 15.6. The van der Waals surface area contributed by atoms with Gasteiger partial charge in [0.25, 0.3) is 0 Å². The monoisotopic (exact) mass is 308 g/mol. The van der Waals surface area contributed by atoms with Crippen LogP contribution in [0.5, 0.6) is 0 Å². The standard InChI is InChI=1S/C14H16N2O4S/c1-10-5-6-11(9-15)8-13(10)21(18,19)16-7-3-4-12(16)14(17)20-2/h5-6,8,12H,3-4,7H2,1-2H3. The first kappa shape index (κ1) is 15.5. The van der Waals surface area contributed by atoms with Crippen LogP contribution in [-0.2, 0) is 19.6 Å². The Morgan fingerprint density at radius 1 is 1.48 bits per heavy atom. The second-order valence-corrected chi connectivity index (χ2v) is 6.75. The Morgan fingerprint density at radius 2 is 2.19 bits per heavy atom. The van der Waals surface area contributed by atoms with Gasteiger partial charge in [-0.3, -0.25) is 4.79 Å². The van der Waals surface area contributed by atoms with Crippen LogP contribution < -0.4 is 0 Å². The fraction of sp³-hybridized carbons (Fsp3) is 0.429. The Bertz CT molecular complexity index is 706. The molecule has 21 heavy (non-hydrogen) atoms. The number of sulfonamides is 1. The smallest absolute Gasteiger partial charge is 0.324 e. The van der Waals surface area contributed by atoms with Crippen LogP contribution in [0.25, 0.3) is 0 Å². The number of nitrogens with zero attached hydrogens (tertiary/aromatic N) is 2. The number of aryl methyl sites for hydroxylation is 1. The lowest BCUT2D eigenvalue weighted by Crippen LogP contribution is -2.41. The molecule has 6 nitrogen and oxygen atoms in total. The number of rotatable bonds is 3. The van der Waals surface area contributed by atoms with Crippen LogP contribution >= 0.6 is 0 Å². The Morgan fingerprint density at radius 3 is 2.81 bits per heavy atom. The lowest BCUT2D eigenvalue weighted by Gasteiger charge is -2.23. The molecule has 7 heteroatoms. The summed E-state index contributed by atoms with van der Waals surface area (Å²) in [7, 11) is -2.58. The number of nitriles is 1. The van der Waals surface area contributed by atoms with Crippen LogP contribution in [0.1, 0.15) is 24.0 Å². The van der Waals surface area contributed by atoms with Crippen molar-refractivity contribution in [2.24, 2.45) is 0 Å². The van der Waals surface area contributed by atoms with Gasteiger partial charge in [-0.2, -0.15) is 9.57 Å². The number of ether oxygens (including phenoxy) is 1. The summed E-state index contributed by atoms with van der Waals surface area (Å²) in [5.74, 6) is -0.551. The van der Waals surface area contributed by atoms with E-state index in [4.69, 9.17) is 5.26 Å². The normalized spacial score (nSPS) is 19.2. The van der Waals surface area contributed by atoms with Gasteiger partial charge in [0.2, 0.25) is 10.0 Å². The van der Waals surface area contributed by atoms with Crippen LogP contribution in [0, 0.1) is 18.3 Å². The Labute approximate surface area is 124 Å². The molecule has 0 amide bonds. The molecule has 0 bridgehead atoms. The number of hydrogen-bond donors (Lipinski definition) is 0. The van der Waals surface area contributed by atoms with Gasteiger partial charge in [-0.1, -0.05) is 6.07 Å². The molecular formula is C14H16N2O4S. The summed E-state index contributed by atoms with van der Waals surface area (Å²) < 4.78 is 31.4. The number of methoxy groups -OCH3 is 1. The molecule has 2 rings (SSSR count). The van der Waals surface area contributed by atoms with E-state index in [-0.39, 0.29) is 17.0 Å². The zero-order valence-electron chi connectivity index (χ0n) is 11.9. The predicted molar refractivity (Wildman–Crippen MR) is 74.8 cm³/mol. The molecule has 0 radical (unpaired) electrons. The molecule has 1 unspecified atom stereocenters. The highest BCUT2D eigenvalue weighted by Crippen LogP contribution is 2.28. The summed E-state index contributed by atoms with van der Waals surface area (Å²) in [5, 5.41) is 8.93. The molecule has 1 aliphatic rings. The van der Waals surface area contributed by atoms with Gasteiger partial charge in [-0.05, 0) is 37.5 Å². The molecule has 1 aromatic rings. The molecule has 0 aliphatic carbocycles. The minimum atomic E-state index is -3.82. The molecule has 0 N–H and O–H groups in total. The highest BCUT2D eigenvalue weighted by molar-refractivity contribution is 7.89. The lowest BCUT2D eigenvalue weighted by molar-refractivity contribution is -0.144. The molecular weight excluding hydrogens is 292 g/mol. The van der Waals surface area contributed by atoms with Crippen LogP contribution in [-0.4, -0.2) is 38.4 Å². The minimum absolute atomic E-state index is 0.0670. The largest absolute Gasteiger partial charge is 0.468 e. The van der Waals surface area contributed by atoms with Crippen molar-refractivity contribution < 1.29 is 17.9 Å². The molecule has 112 valence electrons. The van der Waals surface area contributed by atoms with E-state index in [0.29, 0.717) is 18.4 Å². The van der Waals surface area contributed by atoms with Crippen molar-refractivity contribution >= 4 is 16.0 Å². The fourth-order valence-electron chi connectivity index (χ4n) is 2.47. The summed E-state index contributed by atoms with van der Waals surface area (Å²) in [4.78, 5) is 11.8. The van der Waals surface area contributed by atoms with Crippen molar-refractivity contribution in [2.75, 3.05) is 13.7 Å². The van der Waals surface area contributed by atoms with Gasteiger partial charge in [-0.25, -0.2) is 8.42 Å². The van der Waals surface area contributed by atoms with E-state index in [1.54, 1.807) is 19.1 Å². The summed E-state index contributed by atoms with van der Waals surface area (Å²) in [6.07, 6.45) is 1.05. The number of carbonyl (C=O) groups is 1. The Kier molecular flexibility index (Phi) is 4.30. The van der Waals surface area contributed by atoms with Gasteiger partial charge in [0.05, 0.1) is 23.6 Å². The molecule has 1 aromatic carbocycles. The molecule has 1 saturated heterocycles. The average Bonchev–Trinajstić information content (AvgIpc) is 2.97. The zero-order valence-corrected chi connectivity index (χ0v) is 12.7. The van der Waals surface area contributed by atoms with Crippen molar-refractivity contribution in [3.8, 4) is 6.07 Å². The van der Waals surface area contributed by atoms with Crippen LogP contribution in [0.15, 0.2) is 23.1 Å². The van der Waals surface area contributed by atoms with Crippen molar-refractivity contribution in [2.45, 2.75) is 30.7 Å². The highest BCUT2D eigenvalue weighted by atomic mass is 32.2. The Hall–Kier alpha value is -1.91. The first-order valence-corrected chi connectivity index (χ1v) is 7.96. The van der Waals surface area contributed by atoms with Gasteiger partial charge in [0.1, 0.15) is 6.04 Å². The third kappa shape index (κ3) is 2.77. The van der Waals surface area contributed by atoms with Gasteiger partial charge in [0.15, 0.2) is 0 Å². The third-order valence-electron chi connectivity index (χ3n) is 3.58. The first-order valence-electron chi connectivity index (χ1n) is 6.52. The molecule has 1 heterocycles. The van der Waals surface area contributed by atoms with E-state index >= 15 is 0 Å². The molecule has 1 atom stereocenters. The quantitative estimate of drug-likeness (QED) is 0.783. The van der Waals surface area contributed by atoms with E-state index in [1.807, 2.05) is 6.07 Å². The summed E-state index contributed by atoms with van der Waals surface area (Å²) in [5.41, 5.74) is 0.817. The van der Waals surface area contributed by atoms with E-state index in [2.05, 4.69) is 4.74 Å². The van der Waals surface area contributed by atoms with Crippen LogP contribution in [0.4, 0.5) is 0 Å². The lowest BCUT2D eigenvalue weighted by atomic mass is 10.2. The van der Waals surface area contributed by atoms with Crippen molar-refractivity contribution in [3.05, 3.63) is 29.3 Å². The topological polar surface area (TPSA) is 87.5 Å². The average molecular weight is 308 g/mol. The molecule has 0 saturated carbocycles. The predicted octanol–water partition coefficient (Wildman–Crippen LogP) is 1.19. The fourth-order valence-corrected chi connectivity index (χ4v) is 4.37. The SMILES string of the molecule is COC(=O)C1CCCN1S(=O)(=O)c1cc(C#N)ccc1C.